The topological polar surface area (TPSA) is 69.9 Å². The Labute approximate surface area is 56.7 Å². The number of hydrogen-bond acceptors (Lipinski definition) is 4. The van der Waals surface area contributed by atoms with E-state index >= 15 is 0 Å². The number of oxime groups is 1. The summed E-state index contributed by atoms with van der Waals surface area (Å²) in [5.74, 6) is -0.792. The molecule has 0 rings (SSSR count). The van der Waals surface area contributed by atoms with Crippen molar-refractivity contribution in [2.24, 2.45) is 5.16 Å². The summed E-state index contributed by atoms with van der Waals surface area (Å²) in [4.78, 5) is 10.4. The van der Waals surface area contributed by atoms with Gasteiger partial charge in [-0.1, -0.05) is 16.8 Å². The van der Waals surface area contributed by atoms with Crippen LogP contribution in [0.25, 0.3) is 0 Å². The first kappa shape index (κ1) is 8.39. The van der Waals surface area contributed by atoms with Crippen LogP contribution < -0.4 is 0 Å². The number of ketones is 1. The van der Waals surface area contributed by atoms with Crippen LogP contribution in [0.15, 0.2) is 5.16 Å². The Hall–Kier alpha value is -0.610. The smallest absolute Gasteiger partial charge is 0.224 e. The van der Waals surface area contributed by atoms with Crippen LogP contribution in [0.2, 0.25) is 0 Å². The molecule has 0 bridgehead atoms. The van der Waals surface area contributed by atoms with Crippen molar-refractivity contribution in [1.82, 2.24) is 0 Å². The highest BCUT2D eigenvalue weighted by molar-refractivity contribution is 6.83. The first-order chi connectivity index (χ1) is 4.09. The SMILES string of the molecule is CC(O)C(=O)/C(Cl)=N/O. The van der Waals surface area contributed by atoms with Crippen LogP contribution in [-0.2, 0) is 4.79 Å². The average Bonchev–Trinajstić information content (AvgIpc) is 1.84. The van der Waals surface area contributed by atoms with Gasteiger partial charge in [-0.05, 0) is 6.92 Å². The molecule has 0 aromatic rings. The lowest BCUT2D eigenvalue weighted by molar-refractivity contribution is -0.119. The maximum Gasteiger partial charge on any atom is 0.224 e. The van der Waals surface area contributed by atoms with Gasteiger partial charge in [-0.3, -0.25) is 4.79 Å². The monoisotopic (exact) mass is 151 g/mol. The number of aliphatic hydroxyl groups is 1. The van der Waals surface area contributed by atoms with Crippen LogP contribution in [0.1, 0.15) is 6.92 Å². The minimum atomic E-state index is -1.21. The van der Waals surface area contributed by atoms with E-state index in [4.69, 9.17) is 21.9 Å². The quantitative estimate of drug-likeness (QED) is 0.331. The van der Waals surface area contributed by atoms with E-state index in [0.29, 0.717) is 0 Å². The van der Waals surface area contributed by atoms with Crippen LogP contribution in [-0.4, -0.2) is 27.4 Å². The van der Waals surface area contributed by atoms with Gasteiger partial charge in [0, 0.05) is 0 Å². The van der Waals surface area contributed by atoms with E-state index in [2.05, 4.69) is 5.16 Å². The second-order valence-electron chi connectivity index (χ2n) is 1.43. The predicted octanol–water partition coefficient (Wildman–Crippen LogP) is -0.0372. The molecule has 0 radical (unpaired) electrons. The van der Waals surface area contributed by atoms with Crippen molar-refractivity contribution in [2.75, 3.05) is 0 Å². The zero-order valence-corrected chi connectivity index (χ0v) is 5.46. The molecule has 2 N–H and O–H groups in total. The molecule has 1 unspecified atom stereocenters. The molecule has 0 amide bonds. The van der Waals surface area contributed by atoms with E-state index in [9.17, 15) is 4.79 Å². The highest BCUT2D eigenvalue weighted by atomic mass is 35.5. The molecule has 0 spiro atoms. The second-order valence-corrected chi connectivity index (χ2v) is 1.79. The highest BCUT2D eigenvalue weighted by Gasteiger charge is 2.14. The number of aliphatic hydroxyl groups excluding tert-OH is 1. The molecule has 0 saturated heterocycles. The van der Waals surface area contributed by atoms with Crippen molar-refractivity contribution in [3.8, 4) is 0 Å². The summed E-state index contributed by atoms with van der Waals surface area (Å²) in [6.45, 7) is 1.23. The Bertz CT molecular complexity index is 143. The van der Waals surface area contributed by atoms with E-state index in [1.807, 2.05) is 0 Å². The zero-order chi connectivity index (χ0) is 7.44. The highest BCUT2D eigenvalue weighted by Crippen LogP contribution is 1.91. The van der Waals surface area contributed by atoms with Gasteiger partial charge >= 0.3 is 0 Å². The summed E-state index contributed by atoms with van der Waals surface area (Å²) in [7, 11) is 0. The maximum atomic E-state index is 10.4. The lowest BCUT2D eigenvalue weighted by atomic mass is 10.3. The molecule has 0 aromatic heterocycles. The summed E-state index contributed by atoms with van der Waals surface area (Å²) >= 11 is 5.00. The van der Waals surface area contributed by atoms with Gasteiger partial charge in [0.2, 0.25) is 11.0 Å². The molecule has 5 heteroatoms. The molecule has 1 atom stereocenters. The predicted molar refractivity (Wildman–Crippen MR) is 31.8 cm³/mol. The molecule has 0 aromatic carbocycles. The van der Waals surface area contributed by atoms with Crippen LogP contribution >= 0.6 is 11.6 Å². The summed E-state index contributed by atoms with van der Waals surface area (Å²) in [6, 6.07) is 0. The van der Waals surface area contributed by atoms with Gasteiger partial charge in [0.05, 0.1) is 0 Å². The molecule has 4 nitrogen and oxygen atoms in total. The number of carbonyl (C=O) groups excluding carboxylic acids is 1. The number of Topliss-reactive ketones (excluding diaryl/α,β-unsaturated/α-hetero) is 1. The van der Waals surface area contributed by atoms with Crippen LogP contribution in [0, 0.1) is 0 Å². The van der Waals surface area contributed by atoms with E-state index < -0.39 is 17.1 Å². The molecule has 0 fully saturated rings. The lowest BCUT2D eigenvalue weighted by Gasteiger charge is -1.96. The fraction of sp³-hybridized carbons (Fsp3) is 0.500. The van der Waals surface area contributed by atoms with Gasteiger partial charge < -0.3 is 10.3 Å². The minimum Gasteiger partial charge on any atom is -0.410 e. The third-order valence-corrected chi connectivity index (χ3v) is 0.932. The Balaban J connectivity index is 4.06. The molecule has 52 valence electrons. The molecule has 0 saturated carbocycles. The molecule has 0 aliphatic carbocycles. The molecule has 9 heavy (non-hydrogen) atoms. The molecule has 0 aliphatic rings. The summed E-state index contributed by atoms with van der Waals surface area (Å²) < 4.78 is 0. The largest absolute Gasteiger partial charge is 0.410 e. The van der Waals surface area contributed by atoms with Gasteiger partial charge in [0.15, 0.2) is 0 Å². The van der Waals surface area contributed by atoms with E-state index in [1.165, 1.54) is 6.92 Å². The Morgan fingerprint density at radius 2 is 2.22 bits per heavy atom. The third-order valence-electron chi connectivity index (χ3n) is 0.671. The molecular weight excluding hydrogens is 146 g/mol. The van der Waals surface area contributed by atoms with E-state index in [0.717, 1.165) is 0 Å². The third kappa shape index (κ3) is 2.43. The number of rotatable bonds is 2. The zero-order valence-electron chi connectivity index (χ0n) is 4.71. The van der Waals surface area contributed by atoms with Crippen molar-refractivity contribution in [3.63, 3.8) is 0 Å². The van der Waals surface area contributed by atoms with E-state index in [-0.39, 0.29) is 0 Å². The van der Waals surface area contributed by atoms with Crippen molar-refractivity contribution in [2.45, 2.75) is 13.0 Å². The van der Waals surface area contributed by atoms with Crippen LogP contribution in [0.4, 0.5) is 0 Å². The average molecular weight is 152 g/mol. The Kier molecular flexibility index (Phi) is 3.19. The minimum absolute atomic E-state index is 0.606. The lowest BCUT2D eigenvalue weighted by Crippen LogP contribution is -2.21. The van der Waals surface area contributed by atoms with Crippen molar-refractivity contribution in [3.05, 3.63) is 0 Å². The number of carbonyl (C=O) groups is 1. The van der Waals surface area contributed by atoms with Gasteiger partial charge in [-0.25, -0.2) is 0 Å². The first-order valence-electron chi connectivity index (χ1n) is 2.19. The Morgan fingerprint density at radius 3 is 2.33 bits per heavy atom. The van der Waals surface area contributed by atoms with E-state index in [1.54, 1.807) is 0 Å². The summed E-state index contributed by atoms with van der Waals surface area (Å²) in [5.41, 5.74) is 0. The fourth-order valence-electron chi connectivity index (χ4n) is 0.222. The summed E-state index contributed by atoms with van der Waals surface area (Å²) in [5, 5.41) is 18.2. The van der Waals surface area contributed by atoms with Crippen molar-refractivity contribution in [1.29, 1.82) is 0 Å². The van der Waals surface area contributed by atoms with Crippen LogP contribution in [0.5, 0.6) is 0 Å². The number of halogens is 1. The first-order valence-corrected chi connectivity index (χ1v) is 2.57. The fourth-order valence-corrected chi connectivity index (χ4v) is 0.380. The number of nitrogens with zero attached hydrogens (tertiary/aromatic N) is 1. The van der Waals surface area contributed by atoms with Gasteiger partial charge in [0.1, 0.15) is 6.10 Å². The van der Waals surface area contributed by atoms with Crippen LogP contribution in [0.3, 0.4) is 0 Å². The molecule has 0 heterocycles. The Morgan fingerprint density at radius 1 is 1.78 bits per heavy atom. The van der Waals surface area contributed by atoms with Gasteiger partial charge in [-0.15, -0.1) is 0 Å². The standard InChI is InChI=1S/C4H6ClNO3/c1-2(7)3(8)4(5)6-9/h2,7,9H,1H3/b6-4-. The second kappa shape index (κ2) is 3.42. The summed E-state index contributed by atoms with van der Waals surface area (Å²) in [6.07, 6.45) is -1.21. The molecular formula is C4H6ClNO3. The van der Waals surface area contributed by atoms with Gasteiger partial charge in [-0.2, -0.15) is 0 Å². The van der Waals surface area contributed by atoms with Gasteiger partial charge in [0.25, 0.3) is 0 Å². The van der Waals surface area contributed by atoms with Crippen molar-refractivity contribution < 1.29 is 15.1 Å². The maximum absolute atomic E-state index is 10.4. The normalized spacial score (nSPS) is 15.2. The number of hydrogen-bond donors (Lipinski definition) is 2. The van der Waals surface area contributed by atoms with Crippen molar-refractivity contribution >= 4 is 22.6 Å². The molecule has 0 aliphatic heterocycles.